The second-order valence-corrected chi connectivity index (χ2v) is 8.47. The van der Waals surface area contributed by atoms with Crippen molar-refractivity contribution in [1.82, 2.24) is 14.5 Å². The number of carbonyl (C=O) groups is 1. The van der Waals surface area contributed by atoms with Crippen LogP contribution in [-0.4, -0.2) is 38.3 Å². The van der Waals surface area contributed by atoms with Crippen molar-refractivity contribution in [2.75, 3.05) is 11.9 Å². The number of aryl methyl sites for hydroxylation is 1. The first kappa shape index (κ1) is 21.0. The molecule has 1 aliphatic carbocycles. The van der Waals surface area contributed by atoms with Crippen LogP contribution in [0.4, 0.5) is 5.82 Å². The van der Waals surface area contributed by atoms with E-state index in [2.05, 4.69) is 57.4 Å². The first-order valence-corrected chi connectivity index (χ1v) is 11.2. The van der Waals surface area contributed by atoms with Gasteiger partial charge in [-0.3, -0.25) is 0 Å². The van der Waals surface area contributed by atoms with Gasteiger partial charge in [-0.05, 0) is 60.9 Å². The normalized spacial score (nSPS) is 13.6. The highest BCUT2D eigenvalue weighted by Gasteiger charge is 2.22. The molecule has 2 aromatic heterocycles. The molecule has 2 aromatic carbocycles. The van der Waals surface area contributed by atoms with Crippen molar-refractivity contribution in [2.45, 2.75) is 31.8 Å². The molecule has 0 atom stereocenters. The van der Waals surface area contributed by atoms with Gasteiger partial charge >= 0.3 is 5.97 Å². The highest BCUT2D eigenvalue weighted by atomic mass is 16.5. The van der Waals surface area contributed by atoms with Gasteiger partial charge in [0.25, 0.3) is 0 Å². The number of nitrogens with zero attached hydrogens (tertiary/aromatic N) is 3. The molecule has 1 saturated carbocycles. The third kappa shape index (κ3) is 4.53. The van der Waals surface area contributed by atoms with Crippen LogP contribution in [-0.2, 0) is 13.5 Å². The van der Waals surface area contributed by atoms with Crippen molar-refractivity contribution >= 4 is 22.7 Å². The fourth-order valence-corrected chi connectivity index (χ4v) is 4.03. The summed E-state index contributed by atoms with van der Waals surface area (Å²) in [5, 5.41) is 14.1. The van der Waals surface area contributed by atoms with Crippen LogP contribution in [0.25, 0.3) is 22.2 Å². The van der Waals surface area contributed by atoms with Crippen molar-refractivity contribution in [3.05, 3.63) is 72.2 Å². The molecule has 0 saturated heterocycles. The average Bonchev–Trinajstić information content (AvgIpc) is 3.16. The molecule has 0 unspecified atom stereocenters. The number of carboxylic acid groups (broad SMARTS) is 1. The second-order valence-electron chi connectivity index (χ2n) is 8.47. The van der Waals surface area contributed by atoms with Gasteiger partial charge in [-0.2, -0.15) is 0 Å². The minimum atomic E-state index is -0.991. The summed E-state index contributed by atoms with van der Waals surface area (Å²) in [5.74, 6) is 0.132. The summed E-state index contributed by atoms with van der Waals surface area (Å²) in [6, 6.07) is 15.6. The molecule has 0 bridgehead atoms. The Kier molecular flexibility index (Phi) is 5.69. The van der Waals surface area contributed by atoms with E-state index in [0.29, 0.717) is 11.4 Å². The minimum Gasteiger partial charge on any atom is -0.490 e. The monoisotopic (exact) mass is 442 g/mol. The molecule has 2 heterocycles. The number of benzene rings is 2. The molecular weight excluding hydrogens is 416 g/mol. The zero-order valence-electron chi connectivity index (χ0n) is 18.5. The first-order chi connectivity index (χ1) is 16.1. The van der Waals surface area contributed by atoms with Crippen LogP contribution in [0.15, 0.2) is 61.1 Å². The highest BCUT2D eigenvalue weighted by molar-refractivity contribution is 5.92. The van der Waals surface area contributed by atoms with Gasteiger partial charge in [0.15, 0.2) is 0 Å². The molecule has 7 heteroatoms. The summed E-state index contributed by atoms with van der Waals surface area (Å²) < 4.78 is 8.07. The molecule has 0 spiro atoms. The van der Waals surface area contributed by atoms with Crippen molar-refractivity contribution in [1.29, 1.82) is 0 Å². The number of rotatable bonds is 8. The van der Waals surface area contributed by atoms with Gasteiger partial charge < -0.3 is 19.7 Å². The molecule has 7 nitrogen and oxygen atoms in total. The Bertz CT molecular complexity index is 1310. The molecule has 0 amide bonds. The Morgan fingerprint density at radius 1 is 1.15 bits per heavy atom. The fraction of sp³-hybridized carbons (Fsp3) is 0.269. The molecule has 168 valence electrons. The minimum absolute atomic E-state index is 0.0933. The molecule has 1 fully saturated rings. The van der Waals surface area contributed by atoms with Gasteiger partial charge in [0.2, 0.25) is 0 Å². The fourth-order valence-electron chi connectivity index (χ4n) is 4.03. The molecule has 0 radical (unpaired) electrons. The van der Waals surface area contributed by atoms with Crippen LogP contribution < -0.4 is 10.1 Å². The van der Waals surface area contributed by atoms with Gasteiger partial charge in [-0.1, -0.05) is 18.2 Å². The van der Waals surface area contributed by atoms with Crippen LogP contribution in [0.3, 0.4) is 0 Å². The third-order valence-corrected chi connectivity index (χ3v) is 6.19. The molecule has 33 heavy (non-hydrogen) atoms. The van der Waals surface area contributed by atoms with Crippen LogP contribution in [0.2, 0.25) is 0 Å². The SMILES string of the molecule is Cn1ccc2ccc(CCNc3cc(-c4ccc(C(=O)O)c(OC5CCC5)c4)ncn3)cc21. The number of hydrogen-bond acceptors (Lipinski definition) is 5. The van der Waals surface area contributed by atoms with Gasteiger partial charge in [0, 0.05) is 36.9 Å². The summed E-state index contributed by atoms with van der Waals surface area (Å²) in [4.78, 5) is 20.3. The largest absolute Gasteiger partial charge is 0.490 e. The number of ether oxygens (including phenoxy) is 1. The Hall–Kier alpha value is -3.87. The van der Waals surface area contributed by atoms with Crippen molar-refractivity contribution in [2.24, 2.45) is 7.05 Å². The van der Waals surface area contributed by atoms with E-state index < -0.39 is 5.97 Å². The number of nitrogens with one attached hydrogen (secondary N) is 1. The summed E-state index contributed by atoms with van der Waals surface area (Å²) in [6.45, 7) is 0.736. The zero-order chi connectivity index (χ0) is 22.8. The predicted molar refractivity (Wildman–Crippen MR) is 128 cm³/mol. The Morgan fingerprint density at radius 3 is 2.82 bits per heavy atom. The predicted octanol–water partition coefficient (Wildman–Crippen LogP) is 4.92. The van der Waals surface area contributed by atoms with Crippen molar-refractivity contribution in [3.8, 4) is 17.0 Å². The summed E-state index contributed by atoms with van der Waals surface area (Å²) in [7, 11) is 2.05. The van der Waals surface area contributed by atoms with Gasteiger partial charge in [-0.15, -0.1) is 0 Å². The van der Waals surface area contributed by atoms with Crippen LogP contribution in [0.1, 0.15) is 35.2 Å². The van der Waals surface area contributed by atoms with E-state index in [1.54, 1.807) is 18.2 Å². The molecule has 4 aromatic rings. The number of carboxylic acids is 1. The van der Waals surface area contributed by atoms with E-state index in [9.17, 15) is 9.90 Å². The van der Waals surface area contributed by atoms with Gasteiger partial charge in [0.05, 0.1) is 11.8 Å². The van der Waals surface area contributed by atoms with Crippen LogP contribution in [0, 0.1) is 0 Å². The van der Waals surface area contributed by atoms with E-state index in [4.69, 9.17) is 4.74 Å². The molecule has 0 aliphatic heterocycles. The number of anilines is 1. The quantitative estimate of drug-likeness (QED) is 0.403. The lowest BCUT2D eigenvalue weighted by Crippen LogP contribution is -2.25. The first-order valence-electron chi connectivity index (χ1n) is 11.2. The molecular formula is C26H26N4O3. The molecule has 2 N–H and O–H groups in total. The van der Waals surface area contributed by atoms with E-state index in [0.717, 1.165) is 43.6 Å². The maximum Gasteiger partial charge on any atom is 0.339 e. The lowest BCUT2D eigenvalue weighted by Gasteiger charge is -2.27. The number of aromatic carboxylic acids is 1. The summed E-state index contributed by atoms with van der Waals surface area (Å²) >= 11 is 0. The zero-order valence-corrected chi connectivity index (χ0v) is 18.5. The topological polar surface area (TPSA) is 89.3 Å². The van der Waals surface area contributed by atoms with Crippen molar-refractivity contribution < 1.29 is 14.6 Å². The Labute approximate surface area is 192 Å². The third-order valence-electron chi connectivity index (χ3n) is 6.19. The lowest BCUT2D eigenvalue weighted by atomic mass is 9.96. The van der Waals surface area contributed by atoms with E-state index in [1.165, 1.54) is 22.8 Å². The summed E-state index contributed by atoms with van der Waals surface area (Å²) in [5.41, 5.74) is 4.17. The average molecular weight is 443 g/mol. The summed E-state index contributed by atoms with van der Waals surface area (Å²) in [6.07, 6.45) is 7.59. The standard InChI is InChI=1S/C26H26N4O3/c1-30-12-10-18-6-5-17(13-23(18)30)9-11-27-25-15-22(28-16-29-25)19-7-8-21(26(31)32)24(14-19)33-20-3-2-4-20/h5-8,10,12-16,20H,2-4,9,11H2,1H3,(H,31,32)(H,27,28,29). The number of hydrogen-bond donors (Lipinski definition) is 2. The maximum atomic E-state index is 11.6. The maximum absolute atomic E-state index is 11.6. The van der Waals surface area contributed by atoms with E-state index in [1.807, 2.05) is 6.07 Å². The Balaban J connectivity index is 1.29. The number of fused-ring (bicyclic) bond motifs is 1. The highest BCUT2D eigenvalue weighted by Crippen LogP contribution is 2.31. The second kappa shape index (κ2) is 8.94. The van der Waals surface area contributed by atoms with Crippen molar-refractivity contribution in [3.63, 3.8) is 0 Å². The molecule has 1 aliphatic rings. The Morgan fingerprint density at radius 2 is 2.03 bits per heavy atom. The van der Waals surface area contributed by atoms with Gasteiger partial charge in [-0.25, -0.2) is 14.8 Å². The molecule has 5 rings (SSSR count). The van der Waals surface area contributed by atoms with Crippen LogP contribution in [0.5, 0.6) is 5.75 Å². The van der Waals surface area contributed by atoms with Crippen LogP contribution >= 0.6 is 0 Å². The van der Waals surface area contributed by atoms with Gasteiger partial charge in [0.1, 0.15) is 23.5 Å². The number of aromatic nitrogens is 3. The van der Waals surface area contributed by atoms with E-state index in [-0.39, 0.29) is 11.7 Å². The smallest absolute Gasteiger partial charge is 0.339 e. The van der Waals surface area contributed by atoms with E-state index >= 15 is 0 Å². The lowest BCUT2D eigenvalue weighted by molar-refractivity contribution is 0.0680.